The first-order chi connectivity index (χ1) is 10.3. The van der Waals surface area contributed by atoms with Gasteiger partial charge in [0.1, 0.15) is 5.75 Å². The van der Waals surface area contributed by atoms with Crippen LogP contribution in [0.25, 0.3) is 0 Å². The standard InChI is InChI=1S/C17H22N2OS/c1-3-8-18-12(2)15-11-21-17(19-15)14-9-13-6-4-5-7-16(13)20-10-14/h4-7,11-12,14,18H,3,8-10H2,1-2H3. The Morgan fingerprint density at radius 1 is 1.43 bits per heavy atom. The van der Waals surface area contributed by atoms with E-state index in [0.717, 1.165) is 37.4 Å². The first-order valence-electron chi connectivity index (χ1n) is 7.67. The second-order valence-electron chi connectivity index (χ2n) is 5.61. The number of hydrogen-bond donors (Lipinski definition) is 1. The second-order valence-corrected chi connectivity index (χ2v) is 6.50. The molecule has 21 heavy (non-hydrogen) atoms. The molecular formula is C17H22N2OS. The third-order valence-electron chi connectivity index (χ3n) is 3.91. The molecule has 1 N–H and O–H groups in total. The SMILES string of the molecule is CCCNC(C)c1csc(C2COc3ccccc3C2)n1. The smallest absolute Gasteiger partial charge is 0.122 e. The predicted octanol–water partition coefficient (Wildman–Crippen LogP) is 3.92. The topological polar surface area (TPSA) is 34.1 Å². The van der Waals surface area contributed by atoms with E-state index in [9.17, 15) is 0 Å². The summed E-state index contributed by atoms with van der Waals surface area (Å²) in [6, 6.07) is 8.64. The molecule has 1 aromatic heterocycles. The van der Waals surface area contributed by atoms with Crippen LogP contribution in [-0.4, -0.2) is 18.1 Å². The van der Waals surface area contributed by atoms with Crippen molar-refractivity contribution >= 4 is 11.3 Å². The summed E-state index contributed by atoms with van der Waals surface area (Å²) in [5.41, 5.74) is 2.45. The Bertz CT molecular complexity index is 596. The largest absolute Gasteiger partial charge is 0.493 e. The van der Waals surface area contributed by atoms with E-state index < -0.39 is 0 Å². The highest BCUT2D eigenvalue weighted by molar-refractivity contribution is 7.09. The van der Waals surface area contributed by atoms with E-state index in [2.05, 4.69) is 42.7 Å². The number of fused-ring (bicyclic) bond motifs is 1. The van der Waals surface area contributed by atoms with Crippen LogP contribution in [0.2, 0.25) is 0 Å². The fourth-order valence-electron chi connectivity index (χ4n) is 2.64. The van der Waals surface area contributed by atoms with E-state index in [-0.39, 0.29) is 0 Å². The van der Waals surface area contributed by atoms with Crippen molar-refractivity contribution < 1.29 is 4.74 Å². The van der Waals surface area contributed by atoms with Gasteiger partial charge in [-0.15, -0.1) is 11.3 Å². The van der Waals surface area contributed by atoms with Gasteiger partial charge in [-0.05, 0) is 37.9 Å². The molecule has 0 fully saturated rings. The molecule has 3 nitrogen and oxygen atoms in total. The molecule has 0 aliphatic carbocycles. The van der Waals surface area contributed by atoms with Gasteiger partial charge in [-0.2, -0.15) is 0 Å². The highest BCUT2D eigenvalue weighted by Gasteiger charge is 2.24. The number of benzene rings is 1. The monoisotopic (exact) mass is 302 g/mol. The highest BCUT2D eigenvalue weighted by Crippen LogP contribution is 2.34. The molecule has 0 saturated heterocycles. The number of para-hydroxylation sites is 1. The molecule has 2 heterocycles. The normalized spacial score (nSPS) is 18.9. The minimum atomic E-state index is 0.326. The first-order valence-corrected chi connectivity index (χ1v) is 8.55. The van der Waals surface area contributed by atoms with Crippen molar-refractivity contribution in [2.45, 2.75) is 38.6 Å². The highest BCUT2D eigenvalue weighted by atomic mass is 32.1. The molecule has 2 atom stereocenters. The maximum Gasteiger partial charge on any atom is 0.122 e. The maximum absolute atomic E-state index is 5.88. The lowest BCUT2D eigenvalue weighted by Gasteiger charge is -2.23. The van der Waals surface area contributed by atoms with Gasteiger partial charge in [0, 0.05) is 17.3 Å². The van der Waals surface area contributed by atoms with E-state index in [1.165, 1.54) is 10.6 Å². The second kappa shape index (κ2) is 6.58. The van der Waals surface area contributed by atoms with Gasteiger partial charge in [-0.25, -0.2) is 4.98 Å². The Morgan fingerprint density at radius 2 is 2.29 bits per heavy atom. The van der Waals surface area contributed by atoms with Gasteiger partial charge < -0.3 is 10.1 Å². The average Bonchev–Trinajstić information content (AvgIpc) is 3.02. The van der Waals surface area contributed by atoms with Crippen LogP contribution in [0.5, 0.6) is 5.75 Å². The fourth-order valence-corrected chi connectivity index (χ4v) is 3.64. The Hall–Kier alpha value is -1.39. The molecule has 0 amide bonds. The fraction of sp³-hybridized carbons (Fsp3) is 0.471. The summed E-state index contributed by atoms with van der Waals surface area (Å²) in [6.07, 6.45) is 2.18. The molecule has 3 rings (SSSR count). The third-order valence-corrected chi connectivity index (χ3v) is 4.94. The molecular weight excluding hydrogens is 280 g/mol. The zero-order valence-electron chi connectivity index (χ0n) is 12.6. The van der Waals surface area contributed by atoms with Gasteiger partial charge >= 0.3 is 0 Å². The van der Waals surface area contributed by atoms with E-state index >= 15 is 0 Å². The molecule has 2 aromatic rings. The number of hydrogen-bond acceptors (Lipinski definition) is 4. The van der Waals surface area contributed by atoms with Crippen molar-refractivity contribution in [1.82, 2.24) is 10.3 Å². The van der Waals surface area contributed by atoms with Gasteiger partial charge in [-0.1, -0.05) is 25.1 Å². The van der Waals surface area contributed by atoms with Crippen molar-refractivity contribution in [3.63, 3.8) is 0 Å². The van der Waals surface area contributed by atoms with E-state index in [0.29, 0.717) is 12.0 Å². The Kier molecular flexibility index (Phi) is 4.56. The van der Waals surface area contributed by atoms with Crippen LogP contribution in [0.1, 0.15) is 48.5 Å². The minimum Gasteiger partial charge on any atom is -0.493 e. The molecule has 2 unspecified atom stereocenters. The number of nitrogens with zero attached hydrogens (tertiary/aromatic N) is 1. The number of rotatable bonds is 5. The number of ether oxygens (including phenoxy) is 1. The maximum atomic E-state index is 5.88. The van der Waals surface area contributed by atoms with Crippen molar-refractivity contribution in [1.29, 1.82) is 0 Å². The summed E-state index contributed by atoms with van der Waals surface area (Å²) in [6.45, 7) is 6.14. The number of nitrogens with one attached hydrogen (secondary N) is 1. The molecule has 112 valence electrons. The summed E-state index contributed by atoms with van der Waals surface area (Å²) < 4.78 is 5.88. The molecule has 1 aromatic carbocycles. The lowest BCUT2D eigenvalue weighted by atomic mass is 9.97. The van der Waals surface area contributed by atoms with E-state index in [1.54, 1.807) is 11.3 Å². The van der Waals surface area contributed by atoms with Crippen LogP contribution in [0, 0.1) is 0 Å². The van der Waals surface area contributed by atoms with Crippen molar-refractivity contribution in [2.24, 2.45) is 0 Å². The molecule has 0 radical (unpaired) electrons. The Balaban J connectivity index is 1.70. The summed E-state index contributed by atoms with van der Waals surface area (Å²) in [5, 5.41) is 6.88. The first kappa shape index (κ1) is 14.5. The number of thiazole rings is 1. The third kappa shape index (κ3) is 3.27. The van der Waals surface area contributed by atoms with Crippen molar-refractivity contribution in [2.75, 3.05) is 13.2 Å². The summed E-state index contributed by atoms with van der Waals surface area (Å²) in [5.74, 6) is 1.42. The zero-order chi connectivity index (χ0) is 14.7. The summed E-state index contributed by atoms with van der Waals surface area (Å²) >= 11 is 1.76. The minimum absolute atomic E-state index is 0.326. The molecule has 1 aliphatic heterocycles. The summed E-state index contributed by atoms with van der Waals surface area (Å²) in [4.78, 5) is 4.84. The lowest BCUT2D eigenvalue weighted by molar-refractivity contribution is 0.262. The summed E-state index contributed by atoms with van der Waals surface area (Å²) in [7, 11) is 0. The lowest BCUT2D eigenvalue weighted by Crippen LogP contribution is -2.21. The van der Waals surface area contributed by atoms with Gasteiger partial charge in [0.25, 0.3) is 0 Å². The van der Waals surface area contributed by atoms with Crippen LogP contribution in [0.4, 0.5) is 0 Å². The van der Waals surface area contributed by atoms with Crippen molar-refractivity contribution in [3.05, 3.63) is 45.9 Å². The van der Waals surface area contributed by atoms with Crippen molar-refractivity contribution in [3.8, 4) is 5.75 Å². The average molecular weight is 302 g/mol. The van der Waals surface area contributed by atoms with E-state index in [1.807, 2.05) is 6.07 Å². The van der Waals surface area contributed by atoms with Crippen LogP contribution in [0.15, 0.2) is 29.6 Å². The van der Waals surface area contributed by atoms with Crippen LogP contribution < -0.4 is 10.1 Å². The van der Waals surface area contributed by atoms with Crippen LogP contribution in [-0.2, 0) is 6.42 Å². The molecule has 4 heteroatoms. The predicted molar refractivity (Wildman–Crippen MR) is 87.2 cm³/mol. The van der Waals surface area contributed by atoms with Gasteiger partial charge in [-0.3, -0.25) is 0 Å². The van der Waals surface area contributed by atoms with Crippen LogP contribution >= 0.6 is 11.3 Å². The Labute approximate surface area is 130 Å². The van der Waals surface area contributed by atoms with Crippen LogP contribution in [0.3, 0.4) is 0 Å². The molecule has 0 saturated carbocycles. The molecule has 0 bridgehead atoms. The zero-order valence-corrected chi connectivity index (χ0v) is 13.5. The van der Waals surface area contributed by atoms with Gasteiger partial charge in [0.2, 0.25) is 0 Å². The van der Waals surface area contributed by atoms with Gasteiger partial charge in [0.15, 0.2) is 0 Å². The number of aromatic nitrogens is 1. The molecule has 1 aliphatic rings. The van der Waals surface area contributed by atoms with E-state index in [4.69, 9.17) is 9.72 Å². The Morgan fingerprint density at radius 3 is 3.14 bits per heavy atom. The molecule has 0 spiro atoms. The van der Waals surface area contributed by atoms with Gasteiger partial charge in [0.05, 0.1) is 17.3 Å². The quantitative estimate of drug-likeness (QED) is 0.909.